The van der Waals surface area contributed by atoms with Crippen molar-refractivity contribution < 1.29 is 27.4 Å². The fourth-order valence-corrected chi connectivity index (χ4v) is 3.85. The summed E-state index contributed by atoms with van der Waals surface area (Å²) in [5, 5.41) is 9.00. The van der Waals surface area contributed by atoms with Gasteiger partial charge in [-0.1, -0.05) is 6.07 Å². The molecule has 0 saturated heterocycles. The summed E-state index contributed by atoms with van der Waals surface area (Å²) in [6.07, 6.45) is -1.69. The minimum atomic E-state index is -4.48. The predicted molar refractivity (Wildman–Crippen MR) is 114 cm³/mol. The van der Waals surface area contributed by atoms with E-state index in [0.717, 1.165) is 18.4 Å². The minimum Gasteiger partial charge on any atom is -0.482 e. The molecule has 1 aliphatic heterocycles. The summed E-state index contributed by atoms with van der Waals surface area (Å²) >= 11 is 0. The topological polar surface area (TPSA) is 102 Å². The van der Waals surface area contributed by atoms with Crippen LogP contribution in [0.25, 0.3) is 11.2 Å². The lowest BCUT2D eigenvalue weighted by atomic mass is 9.89. The number of alkyl halides is 3. The molecular weight excluding hydrogens is 441 g/mol. The van der Waals surface area contributed by atoms with E-state index in [1.807, 2.05) is 0 Å². The van der Waals surface area contributed by atoms with E-state index in [0.29, 0.717) is 28.4 Å². The Morgan fingerprint density at radius 3 is 2.88 bits per heavy atom. The highest BCUT2D eigenvalue weighted by molar-refractivity contribution is 5.94. The maximum absolute atomic E-state index is 12.9. The summed E-state index contributed by atoms with van der Waals surface area (Å²) in [5.74, 6) is 0.318. The van der Waals surface area contributed by atoms with E-state index in [2.05, 4.69) is 25.9 Å². The Labute approximate surface area is 186 Å². The molecule has 3 heterocycles. The van der Waals surface area contributed by atoms with Crippen LogP contribution in [-0.2, 0) is 11.3 Å². The second-order valence-corrected chi connectivity index (χ2v) is 7.93. The zero-order chi connectivity index (χ0) is 23.2. The summed E-state index contributed by atoms with van der Waals surface area (Å²) in [6.45, 7) is -1.20. The third-order valence-corrected chi connectivity index (χ3v) is 5.67. The van der Waals surface area contributed by atoms with Crippen molar-refractivity contribution in [3.8, 4) is 5.75 Å². The van der Waals surface area contributed by atoms with Gasteiger partial charge in [-0.3, -0.25) is 0 Å². The number of hydrogen-bond acceptors (Lipinski definition) is 7. The van der Waals surface area contributed by atoms with Crippen molar-refractivity contribution >= 4 is 34.4 Å². The summed E-state index contributed by atoms with van der Waals surface area (Å²) in [5.41, 5.74) is 2.41. The highest BCUT2D eigenvalue weighted by Gasteiger charge is 2.34. The molecule has 1 aliphatic carbocycles. The Bertz CT molecular complexity index is 1210. The molecule has 0 radical (unpaired) electrons. The van der Waals surface area contributed by atoms with Crippen molar-refractivity contribution in [2.45, 2.75) is 37.8 Å². The lowest BCUT2D eigenvalue weighted by Gasteiger charge is -2.36. The normalized spacial score (nSPS) is 20.3. The van der Waals surface area contributed by atoms with Crippen LogP contribution in [0.4, 0.5) is 35.2 Å². The fraction of sp³-hybridized carbons (Fsp3) is 0.381. The number of fused-ring (bicyclic) bond motifs is 4. The number of halogens is 3. The van der Waals surface area contributed by atoms with Gasteiger partial charge in [0.05, 0.1) is 30.1 Å². The second kappa shape index (κ2) is 8.10. The SMILES string of the molecule is CNc1cc2nc3c1ncn3C(=O)N[C@@H]1CC[C@H]1OCc1ccc(OCC(F)(F)F)c(c1)N2. The quantitative estimate of drug-likeness (QED) is 0.545. The summed E-state index contributed by atoms with van der Waals surface area (Å²) < 4.78 is 50.6. The molecule has 5 rings (SSSR count). The van der Waals surface area contributed by atoms with Crippen LogP contribution >= 0.6 is 0 Å². The van der Waals surface area contributed by atoms with E-state index < -0.39 is 12.8 Å². The van der Waals surface area contributed by atoms with E-state index >= 15 is 0 Å². The molecule has 12 heteroatoms. The molecule has 3 N–H and O–H groups in total. The number of ether oxygens (including phenoxy) is 2. The van der Waals surface area contributed by atoms with Gasteiger partial charge in [0.2, 0.25) is 0 Å². The zero-order valence-corrected chi connectivity index (χ0v) is 17.6. The van der Waals surface area contributed by atoms with Gasteiger partial charge in [0.1, 0.15) is 23.4 Å². The van der Waals surface area contributed by atoms with Gasteiger partial charge in [-0.15, -0.1) is 0 Å². The lowest BCUT2D eigenvalue weighted by molar-refractivity contribution is -0.153. The van der Waals surface area contributed by atoms with Gasteiger partial charge in [0.15, 0.2) is 12.3 Å². The molecule has 0 unspecified atom stereocenters. The molecule has 1 saturated carbocycles. The van der Waals surface area contributed by atoms with Crippen molar-refractivity contribution in [2.75, 3.05) is 24.3 Å². The lowest BCUT2D eigenvalue weighted by Crippen LogP contribution is -2.52. The van der Waals surface area contributed by atoms with Crippen molar-refractivity contribution in [1.29, 1.82) is 0 Å². The molecule has 3 aromatic rings. The molecule has 2 aromatic heterocycles. The molecule has 9 nitrogen and oxygen atoms in total. The van der Waals surface area contributed by atoms with Crippen LogP contribution in [0.3, 0.4) is 0 Å². The molecule has 4 bridgehead atoms. The molecule has 1 aromatic carbocycles. The average Bonchev–Trinajstić information content (AvgIpc) is 3.18. The Morgan fingerprint density at radius 2 is 2.15 bits per heavy atom. The minimum absolute atomic E-state index is 0.0174. The maximum Gasteiger partial charge on any atom is 0.422 e. The number of aromatic nitrogens is 3. The molecule has 2 aliphatic rings. The smallest absolute Gasteiger partial charge is 0.422 e. The number of pyridine rings is 1. The van der Waals surface area contributed by atoms with E-state index in [-0.39, 0.29) is 30.5 Å². The van der Waals surface area contributed by atoms with Crippen LogP contribution in [-0.4, -0.2) is 52.5 Å². The molecule has 1 amide bonds. The fourth-order valence-electron chi connectivity index (χ4n) is 3.85. The Balaban J connectivity index is 1.60. The molecule has 0 spiro atoms. The summed E-state index contributed by atoms with van der Waals surface area (Å²) in [7, 11) is 1.70. The Hall–Kier alpha value is -3.54. The van der Waals surface area contributed by atoms with Gasteiger partial charge in [0, 0.05) is 13.1 Å². The molecule has 33 heavy (non-hydrogen) atoms. The largest absolute Gasteiger partial charge is 0.482 e. The van der Waals surface area contributed by atoms with Crippen LogP contribution in [0.1, 0.15) is 18.4 Å². The number of nitrogens with one attached hydrogen (secondary N) is 3. The Morgan fingerprint density at radius 1 is 1.30 bits per heavy atom. The van der Waals surface area contributed by atoms with Crippen LogP contribution in [0, 0.1) is 0 Å². The van der Waals surface area contributed by atoms with Gasteiger partial charge in [-0.05, 0) is 30.5 Å². The van der Waals surface area contributed by atoms with Crippen molar-refractivity contribution in [3.05, 3.63) is 36.2 Å². The number of anilines is 3. The number of imidazole rings is 1. The third kappa shape index (κ3) is 4.25. The molecule has 174 valence electrons. The summed E-state index contributed by atoms with van der Waals surface area (Å²) in [6, 6.07) is 5.91. The highest BCUT2D eigenvalue weighted by atomic mass is 19.4. The number of nitrogens with zero attached hydrogens (tertiary/aromatic N) is 3. The van der Waals surface area contributed by atoms with E-state index in [1.165, 1.54) is 17.0 Å². The third-order valence-electron chi connectivity index (χ3n) is 5.67. The van der Waals surface area contributed by atoms with Gasteiger partial charge < -0.3 is 25.4 Å². The Kier molecular flexibility index (Phi) is 5.23. The van der Waals surface area contributed by atoms with Crippen molar-refractivity contribution in [1.82, 2.24) is 19.9 Å². The molecule has 1 fully saturated rings. The number of carbonyl (C=O) groups is 1. The van der Waals surface area contributed by atoms with E-state index in [9.17, 15) is 18.0 Å². The van der Waals surface area contributed by atoms with Crippen molar-refractivity contribution in [2.24, 2.45) is 0 Å². The van der Waals surface area contributed by atoms with Gasteiger partial charge in [-0.2, -0.15) is 13.2 Å². The first-order chi connectivity index (χ1) is 15.8. The van der Waals surface area contributed by atoms with Crippen LogP contribution in [0.15, 0.2) is 30.6 Å². The summed E-state index contributed by atoms with van der Waals surface area (Å²) in [4.78, 5) is 21.7. The van der Waals surface area contributed by atoms with Gasteiger partial charge in [0.25, 0.3) is 0 Å². The first-order valence-electron chi connectivity index (χ1n) is 10.4. The number of amides is 1. The second-order valence-electron chi connectivity index (χ2n) is 7.93. The number of hydrogen-bond donors (Lipinski definition) is 3. The number of rotatable bonds is 3. The first-order valence-corrected chi connectivity index (χ1v) is 10.4. The monoisotopic (exact) mass is 462 g/mol. The standard InChI is InChI=1S/C21H21F3N6O3/c1-25-14-7-17-27-13-6-11(2-4-16(13)33-9-21(22,23)24)8-32-15-5-3-12(15)28-20(31)30-10-26-18(14)19(30)29-17/h2,4,6-7,10,12,15H,3,5,8-9H2,1H3,(H,28,31)(H2,25,27,29)/t12-,15-/m1/s1. The maximum atomic E-state index is 12.9. The van der Waals surface area contributed by atoms with E-state index in [4.69, 9.17) is 9.47 Å². The average molecular weight is 462 g/mol. The van der Waals surface area contributed by atoms with Crippen LogP contribution in [0.2, 0.25) is 0 Å². The van der Waals surface area contributed by atoms with Crippen LogP contribution in [0.5, 0.6) is 5.75 Å². The molecular formula is C21H21F3N6O3. The van der Waals surface area contributed by atoms with Gasteiger partial charge >= 0.3 is 12.2 Å². The van der Waals surface area contributed by atoms with Crippen molar-refractivity contribution in [3.63, 3.8) is 0 Å². The predicted octanol–water partition coefficient (Wildman–Crippen LogP) is 3.78. The highest BCUT2D eigenvalue weighted by Crippen LogP contribution is 2.34. The van der Waals surface area contributed by atoms with Gasteiger partial charge in [-0.25, -0.2) is 19.3 Å². The first kappa shape index (κ1) is 21.3. The van der Waals surface area contributed by atoms with Crippen LogP contribution < -0.4 is 20.7 Å². The number of carbonyl (C=O) groups excluding carboxylic acids is 1. The number of benzene rings is 1. The molecule has 2 atom stereocenters. The zero-order valence-electron chi connectivity index (χ0n) is 17.6. The van der Waals surface area contributed by atoms with E-state index in [1.54, 1.807) is 25.2 Å².